The first-order valence-corrected chi connectivity index (χ1v) is 6.44. The van der Waals surface area contributed by atoms with Gasteiger partial charge in [-0.25, -0.2) is 4.39 Å². The van der Waals surface area contributed by atoms with Crippen molar-refractivity contribution in [2.24, 2.45) is 5.92 Å². The zero-order valence-electron chi connectivity index (χ0n) is 10.8. The van der Waals surface area contributed by atoms with E-state index < -0.39 is 17.9 Å². The Balaban J connectivity index is 1.86. The highest BCUT2D eigenvalue weighted by Crippen LogP contribution is 2.34. The van der Waals surface area contributed by atoms with E-state index in [4.69, 9.17) is 0 Å². The quantitative estimate of drug-likeness (QED) is 0.628. The molecule has 2 rings (SSSR count). The topological polar surface area (TPSA) is 20.3 Å². The van der Waals surface area contributed by atoms with Crippen LogP contribution in [0.5, 0.6) is 0 Å². The number of halogens is 4. The third-order valence-corrected chi connectivity index (χ3v) is 3.58. The molecule has 0 saturated carbocycles. The molecule has 0 unspecified atom stereocenters. The molecule has 20 heavy (non-hydrogen) atoms. The number of benzene rings is 1. The minimum atomic E-state index is -4.15. The van der Waals surface area contributed by atoms with Gasteiger partial charge >= 0.3 is 6.18 Å². The van der Waals surface area contributed by atoms with Gasteiger partial charge in [0.2, 0.25) is 0 Å². The van der Waals surface area contributed by atoms with Gasteiger partial charge in [0.25, 0.3) is 0 Å². The van der Waals surface area contributed by atoms with Crippen molar-refractivity contribution in [3.05, 3.63) is 35.6 Å². The van der Waals surface area contributed by atoms with Gasteiger partial charge in [0.15, 0.2) is 5.78 Å². The van der Waals surface area contributed by atoms with E-state index in [-0.39, 0.29) is 38.3 Å². The van der Waals surface area contributed by atoms with Crippen LogP contribution in [-0.2, 0) is 0 Å². The summed E-state index contributed by atoms with van der Waals surface area (Å²) < 4.78 is 50.3. The number of carbonyl (C=O) groups is 1. The first-order valence-electron chi connectivity index (χ1n) is 6.44. The summed E-state index contributed by atoms with van der Waals surface area (Å²) in [6.45, 7) is 0.602. The minimum absolute atomic E-state index is 0.0280. The van der Waals surface area contributed by atoms with Crippen LogP contribution in [0.1, 0.15) is 23.2 Å². The number of ketones is 1. The number of likely N-dealkylation sites (tertiary alicyclic amines) is 1. The summed E-state index contributed by atoms with van der Waals surface area (Å²) in [5, 5.41) is 0. The summed E-state index contributed by atoms with van der Waals surface area (Å²) in [7, 11) is 0. The SMILES string of the molecule is O=C(CN1CCC(C(F)(F)F)CC1)c1ccc(F)cc1. The number of hydrogen-bond acceptors (Lipinski definition) is 2. The molecule has 0 radical (unpaired) electrons. The maximum atomic E-state index is 12.7. The molecule has 0 aromatic heterocycles. The Bertz CT molecular complexity index is 461. The zero-order chi connectivity index (χ0) is 14.8. The van der Waals surface area contributed by atoms with Crippen molar-refractivity contribution >= 4 is 5.78 Å². The lowest BCUT2D eigenvalue weighted by Gasteiger charge is -2.32. The van der Waals surface area contributed by atoms with Crippen LogP contribution in [0.15, 0.2) is 24.3 Å². The van der Waals surface area contributed by atoms with Gasteiger partial charge in [0.05, 0.1) is 12.5 Å². The normalized spacial score (nSPS) is 18.2. The Morgan fingerprint density at radius 3 is 2.20 bits per heavy atom. The molecule has 0 spiro atoms. The molecule has 0 aliphatic carbocycles. The predicted octanol–water partition coefficient (Wildman–Crippen LogP) is 3.28. The Kier molecular flexibility index (Phi) is 4.42. The maximum absolute atomic E-state index is 12.7. The highest BCUT2D eigenvalue weighted by Gasteiger charge is 2.41. The van der Waals surface area contributed by atoms with Gasteiger partial charge in [-0.1, -0.05) is 0 Å². The molecule has 1 aliphatic heterocycles. The molecule has 1 heterocycles. The average Bonchev–Trinajstić information content (AvgIpc) is 2.39. The molecule has 2 nitrogen and oxygen atoms in total. The summed E-state index contributed by atoms with van der Waals surface area (Å²) >= 11 is 0. The van der Waals surface area contributed by atoms with E-state index in [1.54, 1.807) is 4.90 Å². The zero-order valence-corrected chi connectivity index (χ0v) is 10.8. The van der Waals surface area contributed by atoms with Crippen molar-refractivity contribution in [1.29, 1.82) is 0 Å². The van der Waals surface area contributed by atoms with Crippen molar-refractivity contribution in [2.45, 2.75) is 19.0 Å². The summed E-state index contributed by atoms with van der Waals surface area (Å²) in [6.07, 6.45) is -4.09. The number of hydrogen-bond donors (Lipinski definition) is 0. The predicted molar refractivity (Wildman–Crippen MR) is 65.9 cm³/mol. The van der Waals surface area contributed by atoms with Gasteiger partial charge in [-0.2, -0.15) is 13.2 Å². The third-order valence-electron chi connectivity index (χ3n) is 3.58. The molecule has 1 aromatic rings. The van der Waals surface area contributed by atoms with Gasteiger partial charge < -0.3 is 0 Å². The van der Waals surface area contributed by atoms with Crippen molar-refractivity contribution in [3.63, 3.8) is 0 Å². The van der Waals surface area contributed by atoms with E-state index >= 15 is 0 Å². The fraction of sp³-hybridized carbons (Fsp3) is 0.500. The van der Waals surface area contributed by atoms with Gasteiger partial charge in [0, 0.05) is 5.56 Å². The molecule has 0 bridgehead atoms. The van der Waals surface area contributed by atoms with Gasteiger partial charge in [-0.3, -0.25) is 9.69 Å². The third kappa shape index (κ3) is 3.79. The smallest absolute Gasteiger partial charge is 0.296 e. The number of alkyl halides is 3. The van der Waals surface area contributed by atoms with E-state index in [1.165, 1.54) is 24.3 Å². The van der Waals surface area contributed by atoms with Gasteiger partial charge in [-0.15, -0.1) is 0 Å². The van der Waals surface area contributed by atoms with E-state index in [1.807, 2.05) is 0 Å². The van der Waals surface area contributed by atoms with E-state index in [2.05, 4.69) is 0 Å². The Morgan fingerprint density at radius 2 is 1.70 bits per heavy atom. The molecule has 0 atom stereocenters. The van der Waals surface area contributed by atoms with Crippen molar-refractivity contribution in [1.82, 2.24) is 4.90 Å². The summed E-state index contributed by atoms with van der Waals surface area (Å²) in [5.41, 5.74) is 0.379. The average molecular weight is 289 g/mol. The molecule has 1 saturated heterocycles. The highest BCUT2D eigenvalue weighted by atomic mass is 19.4. The van der Waals surface area contributed by atoms with Crippen molar-refractivity contribution < 1.29 is 22.4 Å². The lowest BCUT2D eigenvalue weighted by atomic mass is 9.96. The minimum Gasteiger partial charge on any atom is -0.296 e. The highest BCUT2D eigenvalue weighted by molar-refractivity contribution is 5.97. The van der Waals surface area contributed by atoms with Gasteiger partial charge in [-0.05, 0) is 50.2 Å². The lowest BCUT2D eigenvalue weighted by Crippen LogP contribution is -2.41. The first-order chi connectivity index (χ1) is 9.36. The van der Waals surface area contributed by atoms with E-state index in [0.29, 0.717) is 5.56 Å². The van der Waals surface area contributed by atoms with Gasteiger partial charge in [0.1, 0.15) is 5.82 Å². The van der Waals surface area contributed by atoms with Crippen LogP contribution in [0, 0.1) is 11.7 Å². The standard InChI is InChI=1S/C14H15F4NO/c15-12-3-1-10(2-4-12)13(20)9-19-7-5-11(6-8-19)14(16,17)18/h1-4,11H,5-9H2. The molecule has 0 amide bonds. The van der Waals surface area contributed by atoms with Crippen LogP contribution in [0.3, 0.4) is 0 Å². The largest absolute Gasteiger partial charge is 0.391 e. The molecule has 1 aliphatic rings. The molecule has 6 heteroatoms. The molecular formula is C14H15F4NO. The van der Waals surface area contributed by atoms with Crippen LogP contribution >= 0.6 is 0 Å². The summed E-state index contributed by atoms with van der Waals surface area (Å²) in [4.78, 5) is 13.6. The number of piperidine rings is 1. The van der Waals surface area contributed by atoms with Crippen LogP contribution in [0.4, 0.5) is 17.6 Å². The Morgan fingerprint density at radius 1 is 1.15 bits per heavy atom. The second-order valence-electron chi connectivity index (χ2n) is 5.02. The van der Waals surface area contributed by atoms with Crippen LogP contribution in [0.25, 0.3) is 0 Å². The first kappa shape index (κ1) is 15.0. The molecule has 1 aromatic carbocycles. The molecule has 0 N–H and O–H groups in total. The number of Topliss-reactive ketones (excluding diaryl/α,β-unsaturated/α-hetero) is 1. The summed E-state index contributed by atoms with van der Waals surface area (Å²) in [6, 6.07) is 5.17. The van der Waals surface area contributed by atoms with Crippen molar-refractivity contribution in [2.75, 3.05) is 19.6 Å². The monoisotopic (exact) mass is 289 g/mol. The Hall–Kier alpha value is -1.43. The Labute approximate surface area is 114 Å². The second-order valence-corrected chi connectivity index (χ2v) is 5.02. The number of nitrogens with zero attached hydrogens (tertiary/aromatic N) is 1. The molecular weight excluding hydrogens is 274 g/mol. The fourth-order valence-corrected chi connectivity index (χ4v) is 2.35. The fourth-order valence-electron chi connectivity index (χ4n) is 2.35. The van der Waals surface area contributed by atoms with Crippen LogP contribution < -0.4 is 0 Å². The number of carbonyl (C=O) groups excluding carboxylic acids is 1. The maximum Gasteiger partial charge on any atom is 0.391 e. The molecule has 110 valence electrons. The van der Waals surface area contributed by atoms with E-state index in [0.717, 1.165) is 0 Å². The summed E-state index contributed by atoms with van der Waals surface area (Å²) in [5.74, 6) is -1.89. The van der Waals surface area contributed by atoms with Crippen LogP contribution in [-0.4, -0.2) is 36.5 Å². The van der Waals surface area contributed by atoms with E-state index in [9.17, 15) is 22.4 Å². The van der Waals surface area contributed by atoms with Crippen molar-refractivity contribution in [3.8, 4) is 0 Å². The number of rotatable bonds is 3. The second kappa shape index (κ2) is 5.91. The molecule has 1 fully saturated rings. The van der Waals surface area contributed by atoms with Crippen LogP contribution in [0.2, 0.25) is 0 Å². The lowest BCUT2D eigenvalue weighted by molar-refractivity contribution is -0.184.